The van der Waals surface area contributed by atoms with Crippen molar-refractivity contribution in [1.29, 1.82) is 0 Å². The summed E-state index contributed by atoms with van der Waals surface area (Å²) in [6, 6.07) is 16.9. The number of aliphatic imine (C=N–C) groups is 1. The Balaban J connectivity index is 2.00. The van der Waals surface area contributed by atoms with Gasteiger partial charge in [0.25, 0.3) is 5.91 Å². The number of nitrogens with zero attached hydrogens (tertiary/aromatic N) is 2. The quantitative estimate of drug-likeness (QED) is 0.763. The van der Waals surface area contributed by atoms with Gasteiger partial charge < -0.3 is 0 Å². The fraction of sp³-hybridized carbons (Fsp3) is 0.0588. The lowest BCUT2D eigenvalue weighted by atomic mass is 10.2. The van der Waals surface area contributed by atoms with Gasteiger partial charge in [-0.15, -0.1) is 0 Å². The van der Waals surface area contributed by atoms with E-state index in [0.717, 1.165) is 11.3 Å². The maximum Gasteiger partial charge on any atom is 0.283 e. The van der Waals surface area contributed by atoms with Crippen molar-refractivity contribution in [1.82, 2.24) is 0 Å². The van der Waals surface area contributed by atoms with E-state index in [9.17, 15) is 4.79 Å². The zero-order chi connectivity index (χ0) is 15.5. The second-order valence-corrected chi connectivity index (χ2v) is 5.87. The number of anilines is 1. The predicted octanol–water partition coefficient (Wildman–Crippen LogP) is 4.45. The maximum atomic E-state index is 12.7. The molecule has 1 aliphatic rings. The summed E-state index contributed by atoms with van der Waals surface area (Å²) in [4.78, 5) is 18.7. The molecule has 1 aliphatic heterocycles. The van der Waals surface area contributed by atoms with E-state index in [-0.39, 0.29) is 5.91 Å². The van der Waals surface area contributed by atoms with E-state index in [4.69, 9.17) is 11.6 Å². The highest BCUT2D eigenvalue weighted by atomic mass is 35.5. The Hall–Kier alpha value is -2.04. The second kappa shape index (κ2) is 6.38. The molecule has 0 saturated heterocycles. The van der Waals surface area contributed by atoms with Crippen LogP contribution in [0.3, 0.4) is 0 Å². The van der Waals surface area contributed by atoms with Gasteiger partial charge in [-0.2, -0.15) is 0 Å². The van der Waals surface area contributed by atoms with E-state index < -0.39 is 0 Å². The highest BCUT2D eigenvalue weighted by molar-refractivity contribution is 8.13. The highest BCUT2D eigenvalue weighted by Gasteiger charge is 2.31. The lowest BCUT2D eigenvalue weighted by molar-refractivity contribution is -0.113. The van der Waals surface area contributed by atoms with Gasteiger partial charge in [0.2, 0.25) is 0 Å². The summed E-state index contributed by atoms with van der Waals surface area (Å²) in [5.41, 5.74) is 2.10. The minimum atomic E-state index is -0.143. The summed E-state index contributed by atoms with van der Waals surface area (Å²) in [6.45, 7) is 0. The number of hydrogen-bond acceptors (Lipinski definition) is 3. The van der Waals surface area contributed by atoms with Gasteiger partial charge in [-0.1, -0.05) is 59.8 Å². The third-order valence-corrected chi connectivity index (χ3v) is 4.06. The van der Waals surface area contributed by atoms with Gasteiger partial charge in [-0.3, -0.25) is 9.69 Å². The number of amides is 1. The molecule has 22 heavy (non-hydrogen) atoms. The van der Waals surface area contributed by atoms with Crippen LogP contribution in [0.5, 0.6) is 0 Å². The first-order valence-corrected chi connectivity index (χ1v) is 8.29. The average Bonchev–Trinajstić information content (AvgIpc) is 2.84. The van der Waals surface area contributed by atoms with Crippen molar-refractivity contribution < 1.29 is 4.79 Å². The molecule has 0 fully saturated rings. The summed E-state index contributed by atoms with van der Waals surface area (Å²) >= 11 is 7.46. The van der Waals surface area contributed by atoms with Gasteiger partial charge in [-0.05, 0) is 36.1 Å². The van der Waals surface area contributed by atoms with Gasteiger partial charge in [0.15, 0.2) is 5.17 Å². The Labute approximate surface area is 138 Å². The fourth-order valence-electron chi connectivity index (χ4n) is 2.18. The molecule has 1 heterocycles. The zero-order valence-electron chi connectivity index (χ0n) is 11.9. The van der Waals surface area contributed by atoms with Crippen LogP contribution in [0, 0.1) is 0 Å². The maximum absolute atomic E-state index is 12.7. The molecule has 5 heteroatoms. The average molecular weight is 329 g/mol. The van der Waals surface area contributed by atoms with Gasteiger partial charge in [0.1, 0.15) is 5.70 Å². The molecule has 110 valence electrons. The number of amidine groups is 1. The zero-order valence-corrected chi connectivity index (χ0v) is 13.4. The number of carbonyl (C=O) groups is 1. The fourth-order valence-corrected chi connectivity index (χ4v) is 2.93. The number of thioether (sulfide) groups is 1. The van der Waals surface area contributed by atoms with Gasteiger partial charge in [0, 0.05) is 5.02 Å². The van der Waals surface area contributed by atoms with Crippen molar-refractivity contribution in [2.45, 2.75) is 0 Å². The highest BCUT2D eigenvalue weighted by Crippen LogP contribution is 2.29. The van der Waals surface area contributed by atoms with Gasteiger partial charge in [-0.25, -0.2) is 4.99 Å². The van der Waals surface area contributed by atoms with E-state index in [1.807, 2.05) is 48.7 Å². The number of benzene rings is 2. The summed E-state index contributed by atoms with van der Waals surface area (Å²) in [6.07, 6.45) is 3.69. The summed E-state index contributed by atoms with van der Waals surface area (Å²) in [5, 5.41) is 1.24. The van der Waals surface area contributed by atoms with Crippen LogP contribution in [0.4, 0.5) is 5.69 Å². The van der Waals surface area contributed by atoms with Crippen LogP contribution in [-0.2, 0) is 4.79 Å². The van der Waals surface area contributed by atoms with Crippen molar-refractivity contribution in [3.05, 3.63) is 70.9 Å². The molecule has 3 rings (SSSR count). The Bertz CT molecular complexity index is 771. The summed E-state index contributed by atoms with van der Waals surface area (Å²) < 4.78 is 0. The Morgan fingerprint density at radius 3 is 2.59 bits per heavy atom. The molecule has 0 atom stereocenters. The van der Waals surface area contributed by atoms with E-state index in [0.29, 0.717) is 15.9 Å². The molecule has 2 aromatic rings. The van der Waals surface area contributed by atoms with Crippen molar-refractivity contribution in [3.63, 3.8) is 0 Å². The van der Waals surface area contributed by atoms with Crippen LogP contribution in [0.25, 0.3) is 6.08 Å². The van der Waals surface area contributed by atoms with E-state index in [1.165, 1.54) is 11.8 Å². The van der Waals surface area contributed by atoms with Crippen LogP contribution in [0.2, 0.25) is 5.02 Å². The number of hydrogen-bond donors (Lipinski definition) is 0. The SMILES string of the molecule is CSC1=NC(=Cc2ccccc2)C(=O)N1c1cccc(Cl)c1. The molecular weight excluding hydrogens is 316 g/mol. The van der Waals surface area contributed by atoms with Crippen molar-refractivity contribution >= 4 is 46.2 Å². The lowest BCUT2D eigenvalue weighted by Crippen LogP contribution is -2.29. The van der Waals surface area contributed by atoms with Crippen molar-refractivity contribution in [3.8, 4) is 0 Å². The minimum Gasteiger partial charge on any atom is -0.266 e. The third-order valence-electron chi connectivity index (χ3n) is 3.18. The van der Waals surface area contributed by atoms with Crippen molar-refractivity contribution in [2.75, 3.05) is 11.2 Å². The van der Waals surface area contributed by atoms with Crippen LogP contribution < -0.4 is 4.90 Å². The first-order chi connectivity index (χ1) is 10.7. The third kappa shape index (κ3) is 2.93. The Kier molecular flexibility index (Phi) is 4.32. The monoisotopic (exact) mass is 328 g/mol. The molecule has 3 nitrogen and oxygen atoms in total. The molecule has 0 aliphatic carbocycles. The first kappa shape index (κ1) is 14.9. The summed E-state index contributed by atoms with van der Waals surface area (Å²) in [7, 11) is 0. The summed E-state index contributed by atoms with van der Waals surface area (Å²) in [5.74, 6) is -0.143. The minimum absolute atomic E-state index is 0.143. The van der Waals surface area contributed by atoms with Gasteiger partial charge in [0.05, 0.1) is 5.69 Å². The normalized spacial score (nSPS) is 16.3. The van der Waals surface area contributed by atoms with Crippen LogP contribution in [0.15, 0.2) is 65.3 Å². The Morgan fingerprint density at radius 1 is 1.14 bits per heavy atom. The topological polar surface area (TPSA) is 32.7 Å². The number of rotatable bonds is 2. The smallest absolute Gasteiger partial charge is 0.266 e. The van der Waals surface area contributed by atoms with Gasteiger partial charge >= 0.3 is 0 Å². The van der Waals surface area contributed by atoms with E-state index in [2.05, 4.69) is 4.99 Å². The van der Waals surface area contributed by atoms with E-state index >= 15 is 0 Å². The molecule has 2 aromatic carbocycles. The predicted molar refractivity (Wildman–Crippen MR) is 94.3 cm³/mol. The second-order valence-electron chi connectivity index (χ2n) is 4.66. The van der Waals surface area contributed by atoms with Crippen molar-refractivity contribution in [2.24, 2.45) is 4.99 Å². The number of carbonyl (C=O) groups excluding carboxylic acids is 1. The molecule has 0 spiro atoms. The van der Waals surface area contributed by atoms with Crippen LogP contribution in [0.1, 0.15) is 5.56 Å². The van der Waals surface area contributed by atoms with Crippen LogP contribution >= 0.6 is 23.4 Å². The lowest BCUT2D eigenvalue weighted by Gasteiger charge is -2.16. The molecule has 0 bridgehead atoms. The molecule has 0 aromatic heterocycles. The van der Waals surface area contributed by atoms with E-state index in [1.54, 1.807) is 23.1 Å². The Morgan fingerprint density at radius 2 is 1.91 bits per heavy atom. The molecule has 0 saturated carbocycles. The van der Waals surface area contributed by atoms with Crippen LogP contribution in [-0.4, -0.2) is 17.3 Å². The molecule has 0 radical (unpaired) electrons. The number of halogens is 1. The molecule has 0 N–H and O–H groups in total. The molecular formula is C17H13ClN2OS. The molecule has 0 unspecified atom stereocenters. The molecule has 1 amide bonds. The largest absolute Gasteiger partial charge is 0.283 e. The standard InChI is InChI=1S/C17H13ClN2OS/c1-22-17-19-15(10-12-6-3-2-4-7-12)16(21)20(17)14-9-5-8-13(18)11-14/h2-11H,1H3. The first-order valence-electron chi connectivity index (χ1n) is 6.68.